The molecule has 0 bridgehead atoms. The van der Waals surface area contributed by atoms with E-state index in [1.165, 1.54) is 12.1 Å². The predicted octanol–water partition coefficient (Wildman–Crippen LogP) is 4.02. The highest BCUT2D eigenvalue weighted by atomic mass is 19.1. The fraction of sp³-hybridized carbons (Fsp3) is 0.231. The van der Waals surface area contributed by atoms with Gasteiger partial charge in [0.1, 0.15) is 24.8 Å². The van der Waals surface area contributed by atoms with E-state index >= 15 is 0 Å². The van der Waals surface area contributed by atoms with Crippen LogP contribution in [0.4, 0.5) is 10.1 Å². The molecule has 0 saturated carbocycles. The number of benzene rings is 3. The minimum atomic E-state index is -0.555. The Morgan fingerprint density at radius 2 is 1.39 bits per heavy atom. The van der Waals surface area contributed by atoms with E-state index in [1.807, 2.05) is 30.3 Å². The lowest BCUT2D eigenvalue weighted by molar-refractivity contribution is 0.0444. The SMILES string of the molecule is O=C(OCCOc1ccccc1)c1ccccc1C(=O)N1CCN(c2ccc(F)cc2)CC1. The molecule has 1 amide bonds. The van der Waals surface area contributed by atoms with Crippen molar-refractivity contribution in [3.8, 4) is 5.75 Å². The molecule has 0 N–H and O–H groups in total. The number of anilines is 1. The number of halogens is 1. The van der Waals surface area contributed by atoms with E-state index in [9.17, 15) is 14.0 Å². The van der Waals surface area contributed by atoms with Crippen LogP contribution in [-0.2, 0) is 4.74 Å². The summed E-state index contributed by atoms with van der Waals surface area (Å²) < 4.78 is 24.1. The van der Waals surface area contributed by atoms with E-state index in [0.717, 1.165) is 5.69 Å². The number of hydrogen-bond acceptors (Lipinski definition) is 5. The van der Waals surface area contributed by atoms with Crippen molar-refractivity contribution in [1.82, 2.24) is 4.90 Å². The quantitative estimate of drug-likeness (QED) is 0.404. The molecular weight excluding hydrogens is 423 g/mol. The van der Waals surface area contributed by atoms with Crippen LogP contribution >= 0.6 is 0 Å². The van der Waals surface area contributed by atoms with Crippen LogP contribution in [0.15, 0.2) is 78.9 Å². The Morgan fingerprint density at radius 1 is 0.758 bits per heavy atom. The summed E-state index contributed by atoms with van der Waals surface area (Å²) in [7, 11) is 0. The van der Waals surface area contributed by atoms with E-state index in [2.05, 4.69) is 4.90 Å². The number of piperazine rings is 1. The van der Waals surface area contributed by atoms with Gasteiger partial charge in [0.05, 0.1) is 11.1 Å². The number of carbonyl (C=O) groups is 2. The molecule has 1 heterocycles. The molecule has 170 valence electrons. The third-order valence-corrected chi connectivity index (χ3v) is 5.46. The van der Waals surface area contributed by atoms with Gasteiger partial charge in [-0.15, -0.1) is 0 Å². The Morgan fingerprint density at radius 3 is 2.09 bits per heavy atom. The van der Waals surface area contributed by atoms with Gasteiger partial charge in [-0.2, -0.15) is 0 Å². The Balaban J connectivity index is 1.33. The van der Waals surface area contributed by atoms with E-state index < -0.39 is 5.97 Å². The van der Waals surface area contributed by atoms with Gasteiger partial charge >= 0.3 is 5.97 Å². The van der Waals surface area contributed by atoms with Crippen molar-refractivity contribution in [2.75, 3.05) is 44.3 Å². The molecule has 1 aliphatic heterocycles. The number of para-hydroxylation sites is 1. The van der Waals surface area contributed by atoms with Crippen molar-refractivity contribution in [2.45, 2.75) is 0 Å². The molecule has 6 nitrogen and oxygen atoms in total. The second kappa shape index (κ2) is 10.6. The molecule has 33 heavy (non-hydrogen) atoms. The maximum absolute atomic E-state index is 13.2. The van der Waals surface area contributed by atoms with Crippen molar-refractivity contribution in [2.24, 2.45) is 0 Å². The zero-order valence-electron chi connectivity index (χ0n) is 18.2. The minimum Gasteiger partial charge on any atom is -0.490 e. The van der Waals surface area contributed by atoms with Crippen LogP contribution < -0.4 is 9.64 Å². The maximum atomic E-state index is 13.2. The van der Waals surface area contributed by atoms with Gasteiger partial charge in [-0.3, -0.25) is 4.79 Å². The summed E-state index contributed by atoms with van der Waals surface area (Å²) in [6, 6.07) is 22.3. The predicted molar refractivity (Wildman–Crippen MR) is 123 cm³/mol. The summed E-state index contributed by atoms with van der Waals surface area (Å²) in [6.07, 6.45) is 0. The molecule has 0 spiro atoms. The lowest BCUT2D eigenvalue weighted by Crippen LogP contribution is -2.49. The fourth-order valence-electron chi connectivity index (χ4n) is 3.73. The minimum absolute atomic E-state index is 0.0760. The monoisotopic (exact) mass is 448 g/mol. The molecule has 0 aromatic heterocycles. The van der Waals surface area contributed by atoms with E-state index in [0.29, 0.717) is 37.5 Å². The third kappa shape index (κ3) is 5.68. The summed E-state index contributed by atoms with van der Waals surface area (Å²) in [6.45, 7) is 2.56. The number of nitrogens with zero attached hydrogens (tertiary/aromatic N) is 2. The first kappa shape index (κ1) is 22.3. The highest BCUT2D eigenvalue weighted by Gasteiger charge is 2.26. The van der Waals surface area contributed by atoms with Gasteiger partial charge in [-0.25, -0.2) is 9.18 Å². The van der Waals surface area contributed by atoms with Crippen LogP contribution in [0.25, 0.3) is 0 Å². The number of amides is 1. The van der Waals surface area contributed by atoms with Gasteiger partial charge in [0.25, 0.3) is 5.91 Å². The summed E-state index contributed by atoms with van der Waals surface area (Å²) in [5.74, 6) is -0.339. The van der Waals surface area contributed by atoms with E-state index in [-0.39, 0.29) is 30.5 Å². The Bertz CT molecular complexity index is 1080. The first-order valence-corrected chi connectivity index (χ1v) is 10.9. The number of carbonyl (C=O) groups excluding carboxylic acids is 2. The molecule has 1 fully saturated rings. The van der Waals surface area contributed by atoms with Crippen molar-refractivity contribution < 1.29 is 23.5 Å². The van der Waals surface area contributed by atoms with Gasteiger partial charge < -0.3 is 19.3 Å². The normalized spacial score (nSPS) is 13.5. The molecule has 3 aromatic carbocycles. The lowest BCUT2D eigenvalue weighted by Gasteiger charge is -2.36. The van der Waals surface area contributed by atoms with Crippen molar-refractivity contribution in [3.63, 3.8) is 0 Å². The molecule has 3 aromatic rings. The smallest absolute Gasteiger partial charge is 0.339 e. The number of ether oxygens (including phenoxy) is 2. The topological polar surface area (TPSA) is 59.1 Å². The Hall–Kier alpha value is -3.87. The zero-order chi connectivity index (χ0) is 23.0. The molecule has 1 saturated heterocycles. The first-order valence-electron chi connectivity index (χ1n) is 10.9. The second-order valence-electron chi connectivity index (χ2n) is 7.60. The van der Waals surface area contributed by atoms with Gasteiger partial charge in [0, 0.05) is 31.9 Å². The average Bonchev–Trinajstić information content (AvgIpc) is 2.87. The highest BCUT2D eigenvalue weighted by Crippen LogP contribution is 2.19. The average molecular weight is 448 g/mol. The molecule has 1 aliphatic rings. The highest BCUT2D eigenvalue weighted by molar-refractivity contribution is 6.05. The second-order valence-corrected chi connectivity index (χ2v) is 7.60. The first-order chi connectivity index (χ1) is 16.1. The van der Waals surface area contributed by atoms with Crippen molar-refractivity contribution in [1.29, 1.82) is 0 Å². The summed E-state index contributed by atoms with van der Waals surface area (Å²) in [5, 5.41) is 0. The van der Waals surface area contributed by atoms with Crippen LogP contribution in [0.3, 0.4) is 0 Å². The van der Waals surface area contributed by atoms with Gasteiger partial charge in [0.2, 0.25) is 0 Å². The molecule has 4 rings (SSSR count). The molecule has 7 heteroatoms. The van der Waals surface area contributed by atoms with E-state index in [1.54, 1.807) is 41.3 Å². The van der Waals surface area contributed by atoms with Crippen LogP contribution in [-0.4, -0.2) is 56.2 Å². The van der Waals surface area contributed by atoms with Crippen LogP contribution in [0.5, 0.6) is 5.75 Å². The standard InChI is InChI=1S/C26H25FN2O4/c27-20-10-12-21(13-11-20)28-14-16-29(17-15-28)25(30)23-8-4-5-9-24(23)26(31)33-19-18-32-22-6-2-1-3-7-22/h1-13H,14-19H2. The lowest BCUT2D eigenvalue weighted by atomic mass is 10.1. The maximum Gasteiger partial charge on any atom is 0.339 e. The summed E-state index contributed by atoms with van der Waals surface area (Å²) in [4.78, 5) is 29.6. The number of hydrogen-bond donors (Lipinski definition) is 0. The van der Waals surface area contributed by atoms with Gasteiger partial charge in [0.15, 0.2) is 0 Å². The molecular formula is C26H25FN2O4. The molecule has 0 radical (unpaired) electrons. The van der Waals surface area contributed by atoms with Gasteiger partial charge in [-0.05, 0) is 48.5 Å². The zero-order valence-corrected chi connectivity index (χ0v) is 18.2. The van der Waals surface area contributed by atoms with Crippen LogP contribution in [0.1, 0.15) is 20.7 Å². The molecule has 0 atom stereocenters. The fourth-order valence-corrected chi connectivity index (χ4v) is 3.73. The molecule has 0 unspecified atom stereocenters. The third-order valence-electron chi connectivity index (χ3n) is 5.46. The summed E-state index contributed by atoms with van der Waals surface area (Å²) in [5.41, 5.74) is 1.48. The Labute approximate surface area is 192 Å². The Kier molecular flexibility index (Phi) is 7.19. The number of rotatable bonds is 7. The van der Waals surface area contributed by atoms with Crippen molar-refractivity contribution >= 4 is 17.6 Å². The number of esters is 1. The van der Waals surface area contributed by atoms with Crippen molar-refractivity contribution in [3.05, 3.63) is 95.8 Å². The van der Waals surface area contributed by atoms with E-state index in [4.69, 9.17) is 9.47 Å². The van der Waals surface area contributed by atoms with Gasteiger partial charge in [-0.1, -0.05) is 30.3 Å². The van der Waals surface area contributed by atoms with Crippen LogP contribution in [0.2, 0.25) is 0 Å². The van der Waals surface area contributed by atoms with Crippen LogP contribution in [0, 0.1) is 5.82 Å². The largest absolute Gasteiger partial charge is 0.490 e. The molecule has 0 aliphatic carbocycles. The summed E-state index contributed by atoms with van der Waals surface area (Å²) >= 11 is 0.